The van der Waals surface area contributed by atoms with Crippen molar-refractivity contribution in [2.24, 2.45) is 4.99 Å². The summed E-state index contributed by atoms with van der Waals surface area (Å²) in [5.74, 6) is 0.540. The maximum absolute atomic E-state index is 13.2. The van der Waals surface area contributed by atoms with Crippen molar-refractivity contribution in [1.29, 1.82) is 0 Å². The SMILES string of the molecule is CCNC(=NCc1ncc(CC)s1)NCC(c1ccc(F)cc1)N(C)C. The number of aromatic nitrogens is 1. The van der Waals surface area contributed by atoms with Crippen molar-refractivity contribution in [1.82, 2.24) is 20.5 Å². The number of aliphatic imine (C=N–C) groups is 1. The molecule has 0 fully saturated rings. The summed E-state index contributed by atoms with van der Waals surface area (Å²) in [6, 6.07) is 6.77. The highest BCUT2D eigenvalue weighted by molar-refractivity contribution is 7.11. The monoisotopic (exact) mass is 377 g/mol. The number of halogens is 1. The highest BCUT2D eigenvalue weighted by Crippen LogP contribution is 2.18. The first-order valence-electron chi connectivity index (χ1n) is 8.91. The van der Waals surface area contributed by atoms with E-state index in [-0.39, 0.29) is 11.9 Å². The van der Waals surface area contributed by atoms with Gasteiger partial charge in [-0.1, -0.05) is 19.1 Å². The van der Waals surface area contributed by atoms with Gasteiger partial charge in [0.25, 0.3) is 0 Å². The van der Waals surface area contributed by atoms with E-state index in [4.69, 9.17) is 0 Å². The van der Waals surface area contributed by atoms with Crippen LogP contribution in [0, 0.1) is 5.82 Å². The smallest absolute Gasteiger partial charge is 0.191 e. The number of rotatable bonds is 8. The van der Waals surface area contributed by atoms with Gasteiger partial charge < -0.3 is 15.5 Å². The van der Waals surface area contributed by atoms with Gasteiger partial charge in [0.15, 0.2) is 5.96 Å². The summed E-state index contributed by atoms with van der Waals surface area (Å²) in [6.45, 7) is 6.18. The molecular formula is C19H28FN5S. The van der Waals surface area contributed by atoms with Crippen LogP contribution in [0.3, 0.4) is 0 Å². The topological polar surface area (TPSA) is 52.6 Å². The Morgan fingerprint density at radius 1 is 1.23 bits per heavy atom. The van der Waals surface area contributed by atoms with Crippen LogP contribution in [0.5, 0.6) is 0 Å². The number of hydrogen-bond donors (Lipinski definition) is 2. The molecule has 0 amide bonds. The van der Waals surface area contributed by atoms with Crippen LogP contribution in [0.25, 0.3) is 0 Å². The molecular weight excluding hydrogens is 349 g/mol. The minimum Gasteiger partial charge on any atom is -0.357 e. The quantitative estimate of drug-likeness (QED) is 0.548. The molecule has 1 aromatic heterocycles. The normalized spacial score (nSPS) is 13.1. The average molecular weight is 378 g/mol. The molecule has 0 aliphatic heterocycles. The van der Waals surface area contributed by atoms with Gasteiger partial charge in [0, 0.05) is 24.2 Å². The molecule has 1 heterocycles. The molecule has 2 rings (SSSR count). The van der Waals surface area contributed by atoms with E-state index in [1.165, 1.54) is 17.0 Å². The van der Waals surface area contributed by atoms with Gasteiger partial charge in [-0.05, 0) is 45.1 Å². The lowest BCUT2D eigenvalue weighted by Gasteiger charge is -2.26. The summed E-state index contributed by atoms with van der Waals surface area (Å²) in [6.07, 6.45) is 2.92. The number of nitrogens with one attached hydrogen (secondary N) is 2. The minimum atomic E-state index is -0.219. The van der Waals surface area contributed by atoms with Crippen LogP contribution in [0.4, 0.5) is 4.39 Å². The van der Waals surface area contributed by atoms with Gasteiger partial charge in [0.1, 0.15) is 10.8 Å². The van der Waals surface area contributed by atoms with Gasteiger partial charge in [-0.3, -0.25) is 0 Å². The second-order valence-corrected chi connectivity index (χ2v) is 7.38. The fourth-order valence-corrected chi connectivity index (χ4v) is 3.34. The lowest BCUT2D eigenvalue weighted by Crippen LogP contribution is -2.41. The molecule has 0 radical (unpaired) electrons. The summed E-state index contributed by atoms with van der Waals surface area (Å²) < 4.78 is 13.2. The fraction of sp³-hybridized carbons (Fsp3) is 0.474. The third-order valence-electron chi connectivity index (χ3n) is 4.01. The van der Waals surface area contributed by atoms with Crippen molar-refractivity contribution in [3.8, 4) is 0 Å². The minimum absolute atomic E-state index is 0.117. The van der Waals surface area contributed by atoms with E-state index in [1.54, 1.807) is 11.3 Å². The molecule has 26 heavy (non-hydrogen) atoms. The molecule has 2 aromatic rings. The van der Waals surface area contributed by atoms with Crippen LogP contribution >= 0.6 is 11.3 Å². The number of likely N-dealkylation sites (N-methyl/N-ethyl adjacent to an activating group) is 1. The third kappa shape index (κ3) is 6.07. The Labute approximate surface area is 159 Å². The molecule has 1 atom stereocenters. The van der Waals surface area contributed by atoms with E-state index in [1.807, 2.05) is 39.3 Å². The number of nitrogens with zero attached hydrogens (tertiary/aromatic N) is 3. The zero-order chi connectivity index (χ0) is 18.9. The van der Waals surface area contributed by atoms with E-state index < -0.39 is 0 Å². The Kier molecular flexibility index (Phi) is 8.00. The lowest BCUT2D eigenvalue weighted by molar-refractivity contribution is 0.298. The summed E-state index contributed by atoms with van der Waals surface area (Å²) in [7, 11) is 4.03. The molecule has 0 spiro atoms. The number of guanidine groups is 1. The van der Waals surface area contributed by atoms with Gasteiger partial charge in [-0.25, -0.2) is 14.4 Å². The number of hydrogen-bond acceptors (Lipinski definition) is 4. The first-order chi connectivity index (χ1) is 12.5. The van der Waals surface area contributed by atoms with Crippen molar-refractivity contribution in [3.05, 3.63) is 51.7 Å². The van der Waals surface area contributed by atoms with Crippen molar-refractivity contribution in [2.45, 2.75) is 32.9 Å². The molecule has 0 aliphatic rings. The Morgan fingerprint density at radius 3 is 2.54 bits per heavy atom. The second-order valence-electron chi connectivity index (χ2n) is 6.18. The molecule has 1 unspecified atom stereocenters. The lowest BCUT2D eigenvalue weighted by atomic mass is 10.1. The molecule has 0 saturated heterocycles. The summed E-state index contributed by atoms with van der Waals surface area (Å²) in [5, 5.41) is 7.67. The maximum Gasteiger partial charge on any atom is 0.191 e. The van der Waals surface area contributed by atoms with Crippen LogP contribution in [0.15, 0.2) is 35.5 Å². The van der Waals surface area contributed by atoms with Crippen LogP contribution < -0.4 is 10.6 Å². The summed E-state index contributed by atoms with van der Waals surface area (Å²) in [5.41, 5.74) is 1.06. The Morgan fingerprint density at radius 2 is 1.96 bits per heavy atom. The molecule has 0 saturated carbocycles. The van der Waals surface area contributed by atoms with Crippen LogP contribution in [-0.4, -0.2) is 43.0 Å². The van der Waals surface area contributed by atoms with Crippen molar-refractivity contribution in [2.75, 3.05) is 27.2 Å². The molecule has 1 aromatic carbocycles. The highest BCUT2D eigenvalue weighted by atomic mass is 32.1. The van der Waals surface area contributed by atoms with Gasteiger partial charge >= 0.3 is 0 Å². The zero-order valence-electron chi connectivity index (χ0n) is 15.9. The number of thiazole rings is 1. The predicted octanol–water partition coefficient (Wildman–Crippen LogP) is 3.20. The van der Waals surface area contributed by atoms with Crippen LogP contribution in [-0.2, 0) is 13.0 Å². The molecule has 2 N–H and O–H groups in total. The van der Waals surface area contributed by atoms with E-state index in [0.29, 0.717) is 13.1 Å². The Hall–Kier alpha value is -1.99. The van der Waals surface area contributed by atoms with E-state index >= 15 is 0 Å². The number of benzene rings is 1. The largest absolute Gasteiger partial charge is 0.357 e. The van der Waals surface area contributed by atoms with Gasteiger partial charge in [0.05, 0.1) is 12.6 Å². The Balaban J connectivity index is 2.02. The molecule has 5 nitrogen and oxygen atoms in total. The first-order valence-corrected chi connectivity index (χ1v) is 9.72. The van der Waals surface area contributed by atoms with Crippen LogP contribution in [0.2, 0.25) is 0 Å². The third-order valence-corrected chi connectivity index (χ3v) is 5.13. The summed E-state index contributed by atoms with van der Waals surface area (Å²) in [4.78, 5) is 12.4. The fourth-order valence-electron chi connectivity index (χ4n) is 2.55. The van der Waals surface area contributed by atoms with E-state index in [2.05, 4.69) is 32.4 Å². The first kappa shape index (κ1) is 20.3. The van der Waals surface area contributed by atoms with Crippen LogP contribution in [0.1, 0.15) is 35.3 Å². The molecule has 142 valence electrons. The summed E-state index contributed by atoms with van der Waals surface area (Å²) >= 11 is 1.70. The van der Waals surface area contributed by atoms with Crippen molar-refractivity contribution < 1.29 is 4.39 Å². The number of aryl methyl sites for hydroxylation is 1. The van der Waals surface area contributed by atoms with Gasteiger partial charge in [-0.15, -0.1) is 11.3 Å². The average Bonchev–Trinajstić information content (AvgIpc) is 3.09. The predicted molar refractivity (Wildman–Crippen MR) is 107 cm³/mol. The molecule has 0 bridgehead atoms. The van der Waals surface area contributed by atoms with E-state index in [9.17, 15) is 4.39 Å². The van der Waals surface area contributed by atoms with Gasteiger partial charge in [0.2, 0.25) is 0 Å². The molecule has 7 heteroatoms. The second kappa shape index (κ2) is 10.2. The molecule has 0 aliphatic carbocycles. The van der Waals surface area contributed by atoms with Gasteiger partial charge in [-0.2, -0.15) is 0 Å². The Bertz CT molecular complexity index is 696. The van der Waals surface area contributed by atoms with Crippen molar-refractivity contribution >= 4 is 17.3 Å². The van der Waals surface area contributed by atoms with Crippen molar-refractivity contribution in [3.63, 3.8) is 0 Å². The zero-order valence-corrected chi connectivity index (χ0v) is 16.7. The van der Waals surface area contributed by atoms with E-state index in [0.717, 1.165) is 29.5 Å². The highest BCUT2D eigenvalue weighted by Gasteiger charge is 2.15. The maximum atomic E-state index is 13.2. The standard InChI is InChI=1S/C19H28FN5S/c1-5-16-11-22-18(26-16)13-24-19(21-6-2)23-12-17(25(3)4)14-7-9-15(20)10-8-14/h7-11,17H,5-6,12-13H2,1-4H3,(H2,21,23,24).